The Labute approximate surface area is 206 Å². The Bertz CT molecular complexity index is 1050. The summed E-state index contributed by atoms with van der Waals surface area (Å²) in [4.78, 5) is 42.2. The van der Waals surface area contributed by atoms with E-state index in [1.807, 2.05) is 37.4 Å². The summed E-state index contributed by atoms with van der Waals surface area (Å²) in [6.45, 7) is 5.67. The molecule has 4 rings (SSSR count). The van der Waals surface area contributed by atoms with Gasteiger partial charge >= 0.3 is 0 Å². The topological polar surface area (TPSA) is 99.6 Å². The molecule has 0 bridgehead atoms. The van der Waals surface area contributed by atoms with Gasteiger partial charge in [0.15, 0.2) is 5.69 Å². The standard InChI is InChI=1S/C26H36N6O3/c1-19-8-6-7-15-31(19)17-14-27-23(33)11-12-24(34)32-16-13-22-21(18-32)25(29-30(22)2)26(35)28-20-9-4-3-5-10-20/h3-5,9-10,19H,6-8,11-18H2,1-2H3,(H,27,33)(H,28,35)/t19-/m0/s1. The molecule has 1 fully saturated rings. The number of carbonyl (C=O) groups is 3. The van der Waals surface area contributed by atoms with Crippen LogP contribution in [0.4, 0.5) is 5.69 Å². The lowest BCUT2D eigenvalue weighted by Gasteiger charge is -2.33. The molecule has 3 amide bonds. The number of hydrogen-bond donors (Lipinski definition) is 2. The van der Waals surface area contributed by atoms with Crippen molar-refractivity contribution < 1.29 is 14.4 Å². The molecule has 2 aliphatic rings. The van der Waals surface area contributed by atoms with Crippen molar-refractivity contribution in [3.8, 4) is 0 Å². The summed E-state index contributed by atoms with van der Waals surface area (Å²) in [7, 11) is 1.82. The lowest BCUT2D eigenvalue weighted by atomic mass is 10.0. The first kappa shape index (κ1) is 24.9. The number of nitrogens with zero attached hydrogens (tertiary/aromatic N) is 4. The number of benzene rings is 1. The van der Waals surface area contributed by atoms with Gasteiger partial charge in [0.05, 0.1) is 0 Å². The lowest BCUT2D eigenvalue weighted by Crippen LogP contribution is -2.42. The van der Waals surface area contributed by atoms with Crippen LogP contribution in [0.5, 0.6) is 0 Å². The smallest absolute Gasteiger partial charge is 0.276 e. The molecule has 3 heterocycles. The number of piperidine rings is 1. The van der Waals surface area contributed by atoms with Crippen molar-refractivity contribution in [3.05, 3.63) is 47.3 Å². The van der Waals surface area contributed by atoms with E-state index in [2.05, 4.69) is 27.6 Å². The summed E-state index contributed by atoms with van der Waals surface area (Å²) < 4.78 is 1.73. The maximum atomic E-state index is 12.9. The molecule has 0 spiro atoms. The maximum absolute atomic E-state index is 12.9. The Morgan fingerprint density at radius 1 is 1.09 bits per heavy atom. The number of aryl methyl sites for hydroxylation is 1. The second-order valence-corrected chi connectivity index (χ2v) is 9.51. The Morgan fingerprint density at radius 3 is 2.66 bits per heavy atom. The van der Waals surface area contributed by atoms with Gasteiger partial charge in [-0.25, -0.2) is 0 Å². The van der Waals surface area contributed by atoms with E-state index in [-0.39, 0.29) is 30.6 Å². The molecule has 0 radical (unpaired) electrons. The average molecular weight is 481 g/mol. The van der Waals surface area contributed by atoms with Crippen LogP contribution < -0.4 is 10.6 Å². The lowest BCUT2D eigenvalue weighted by molar-refractivity contribution is -0.134. The molecular formula is C26H36N6O3. The monoisotopic (exact) mass is 480 g/mol. The molecule has 9 nitrogen and oxygen atoms in total. The second-order valence-electron chi connectivity index (χ2n) is 9.51. The van der Waals surface area contributed by atoms with Gasteiger partial charge in [-0.2, -0.15) is 5.10 Å². The molecule has 35 heavy (non-hydrogen) atoms. The Morgan fingerprint density at radius 2 is 1.89 bits per heavy atom. The molecule has 0 unspecified atom stereocenters. The summed E-state index contributed by atoms with van der Waals surface area (Å²) in [5, 5.41) is 10.3. The normalized spacial score (nSPS) is 18.1. The minimum absolute atomic E-state index is 0.0753. The zero-order chi connectivity index (χ0) is 24.8. The van der Waals surface area contributed by atoms with Crippen molar-refractivity contribution in [2.24, 2.45) is 7.05 Å². The van der Waals surface area contributed by atoms with Crippen molar-refractivity contribution in [1.82, 2.24) is 24.9 Å². The van der Waals surface area contributed by atoms with Crippen LogP contribution in [-0.2, 0) is 29.6 Å². The molecule has 2 aliphatic heterocycles. The molecule has 1 aromatic heterocycles. The van der Waals surface area contributed by atoms with E-state index in [0.29, 0.717) is 43.5 Å². The van der Waals surface area contributed by atoms with Gasteiger partial charge in [-0.15, -0.1) is 0 Å². The van der Waals surface area contributed by atoms with Gasteiger partial charge in [0, 0.05) is 75.5 Å². The van der Waals surface area contributed by atoms with E-state index in [9.17, 15) is 14.4 Å². The molecule has 1 saturated heterocycles. The zero-order valence-corrected chi connectivity index (χ0v) is 20.8. The van der Waals surface area contributed by atoms with Crippen LogP contribution >= 0.6 is 0 Å². The highest BCUT2D eigenvalue weighted by Gasteiger charge is 2.29. The third kappa shape index (κ3) is 6.28. The second kappa shape index (κ2) is 11.5. The van der Waals surface area contributed by atoms with Gasteiger partial charge in [0.25, 0.3) is 5.91 Å². The number of aromatic nitrogens is 2. The van der Waals surface area contributed by atoms with Gasteiger partial charge in [-0.1, -0.05) is 24.6 Å². The van der Waals surface area contributed by atoms with Crippen LogP contribution in [0.15, 0.2) is 30.3 Å². The first-order valence-corrected chi connectivity index (χ1v) is 12.6. The summed E-state index contributed by atoms with van der Waals surface area (Å²) >= 11 is 0. The number of carbonyl (C=O) groups excluding carboxylic acids is 3. The highest BCUT2D eigenvalue weighted by Crippen LogP contribution is 2.24. The molecule has 0 saturated carbocycles. The largest absolute Gasteiger partial charge is 0.355 e. The highest BCUT2D eigenvalue weighted by atomic mass is 16.2. The maximum Gasteiger partial charge on any atom is 0.276 e. The first-order valence-electron chi connectivity index (χ1n) is 12.6. The van der Waals surface area contributed by atoms with Gasteiger partial charge in [0.1, 0.15) is 0 Å². The number of hydrogen-bond acceptors (Lipinski definition) is 5. The van der Waals surface area contributed by atoms with Crippen LogP contribution in [0, 0.1) is 0 Å². The third-order valence-electron chi connectivity index (χ3n) is 7.07. The number of likely N-dealkylation sites (tertiary alicyclic amines) is 1. The van der Waals surface area contributed by atoms with Crippen molar-refractivity contribution in [1.29, 1.82) is 0 Å². The summed E-state index contributed by atoms with van der Waals surface area (Å²) in [6, 6.07) is 9.81. The van der Waals surface area contributed by atoms with Crippen molar-refractivity contribution in [2.45, 2.75) is 58.0 Å². The van der Waals surface area contributed by atoms with Gasteiger partial charge < -0.3 is 15.5 Å². The first-order chi connectivity index (χ1) is 16.9. The van der Waals surface area contributed by atoms with Crippen molar-refractivity contribution in [3.63, 3.8) is 0 Å². The van der Waals surface area contributed by atoms with E-state index < -0.39 is 0 Å². The molecular weight excluding hydrogens is 444 g/mol. The average Bonchev–Trinajstić information content (AvgIpc) is 3.20. The number of nitrogens with one attached hydrogen (secondary N) is 2. The van der Waals surface area contributed by atoms with Crippen molar-refractivity contribution in [2.75, 3.05) is 31.5 Å². The third-order valence-corrected chi connectivity index (χ3v) is 7.07. The zero-order valence-electron chi connectivity index (χ0n) is 20.8. The molecule has 0 aliphatic carbocycles. The number of anilines is 1. The van der Waals surface area contributed by atoms with Crippen LogP contribution in [0.2, 0.25) is 0 Å². The SMILES string of the molecule is C[C@H]1CCCCN1CCNC(=O)CCC(=O)N1CCc2c(c(C(=O)Nc3ccccc3)nn2C)C1. The number of amides is 3. The van der Waals surface area contributed by atoms with Gasteiger partial charge in [-0.05, 0) is 38.4 Å². The Kier molecular flexibility index (Phi) is 8.17. The van der Waals surface area contributed by atoms with Crippen LogP contribution in [-0.4, -0.2) is 69.5 Å². The Balaban J connectivity index is 1.27. The fraction of sp³-hybridized carbons (Fsp3) is 0.538. The molecule has 188 valence electrons. The fourth-order valence-electron chi connectivity index (χ4n) is 5.00. The number of rotatable bonds is 8. The molecule has 2 N–H and O–H groups in total. The van der Waals surface area contributed by atoms with Crippen molar-refractivity contribution >= 4 is 23.4 Å². The quantitative estimate of drug-likeness (QED) is 0.604. The molecule has 1 aromatic carbocycles. The predicted octanol–water partition coefficient (Wildman–Crippen LogP) is 2.33. The van der Waals surface area contributed by atoms with E-state index in [0.717, 1.165) is 24.3 Å². The summed E-state index contributed by atoms with van der Waals surface area (Å²) in [5.74, 6) is -0.455. The minimum atomic E-state index is -0.287. The minimum Gasteiger partial charge on any atom is -0.355 e. The van der Waals surface area contributed by atoms with E-state index in [4.69, 9.17) is 0 Å². The van der Waals surface area contributed by atoms with Crippen LogP contribution in [0.1, 0.15) is 60.8 Å². The van der Waals surface area contributed by atoms with E-state index in [1.54, 1.807) is 9.58 Å². The number of fused-ring (bicyclic) bond motifs is 1. The fourth-order valence-corrected chi connectivity index (χ4v) is 5.00. The van der Waals surface area contributed by atoms with Crippen LogP contribution in [0.25, 0.3) is 0 Å². The highest BCUT2D eigenvalue weighted by molar-refractivity contribution is 6.04. The summed E-state index contributed by atoms with van der Waals surface area (Å²) in [5.41, 5.74) is 2.78. The molecule has 2 aromatic rings. The van der Waals surface area contributed by atoms with Gasteiger partial charge in [-0.3, -0.25) is 24.0 Å². The van der Waals surface area contributed by atoms with E-state index in [1.165, 1.54) is 19.3 Å². The molecule has 1 atom stereocenters. The van der Waals surface area contributed by atoms with Crippen LogP contribution in [0.3, 0.4) is 0 Å². The Hall–Kier alpha value is -3.20. The molecule has 9 heteroatoms. The summed E-state index contributed by atoms with van der Waals surface area (Å²) in [6.07, 6.45) is 4.68. The van der Waals surface area contributed by atoms with Gasteiger partial charge in [0.2, 0.25) is 11.8 Å². The van der Waals surface area contributed by atoms with E-state index >= 15 is 0 Å². The number of para-hydroxylation sites is 1. The predicted molar refractivity (Wildman–Crippen MR) is 134 cm³/mol.